The van der Waals surface area contributed by atoms with Gasteiger partial charge in [-0.1, -0.05) is 12.7 Å². The maximum atomic E-state index is 13.4. The molecule has 42 heavy (non-hydrogen) atoms. The van der Waals surface area contributed by atoms with Gasteiger partial charge < -0.3 is 34.1 Å². The fraction of sp³-hybridized carbons (Fsp3) is 0.433. The molecule has 2 aromatic rings. The van der Waals surface area contributed by atoms with Gasteiger partial charge in [0, 0.05) is 24.6 Å². The summed E-state index contributed by atoms with van der Waals surface area (Å²) in [5.41, 5.74) is 1.29. The van der Waals surface area contributed by atoms with E-state index in [2.05, 4.69) is 16.9 Å². The molecule has 2 atom stereocenters. The van der Waals surface area contributed by atoms with Gasteiger partial charge in [0.1, 0.15) is 18.4 Å². The molecule has 4 rings (SSSR count). The smallest absolute Gasteiger partial charge is 0.431 e. The Balaban J connectivity index is 1.55. The molecule has 12 nitrogen and oxygen atoms in total. The zero-order valence-corrected chi connectivity index (χ0v) is 23.7. The van der Waals surface area contributed by atoms with Crippen LogP contribution in [0, 0.1) is 5.92 Å². The molecule has 1 aromatic heterocycles. The van der Waals surface area contributed by atoms with E-state index < -0.39 is 36.2 Å². The number of ether oxygens (including phenoxy) is 5. The summed E-state index contributed by atoms with van der Waals surface area (Å²) in [7, 11) is 0. The van der Waals surface area contributed by atoms with Gasteiger partial charge in [0.05, 0.1) is 13.2 Å². The van der Waals surface area contributed by atoms with Crippen LogP contribution in [-0.2, 0) is 30.3 Å². The minimum absolute atomic E-state index is 0.0428. The fourth-order valence-electron chi connectivity index (χ4n) is 4.35. The third-order valence-corrected chi connectivity index (χ3v) is 6.68. The Kier molecular flexibility index (Phi) is 9.71. The van der Waals surface area contributed by atoms with Gasteiger partial charge in [0.25, 0.3) is 5.91 Å². The SMILES string of the molecule is C=Cc1cc(C=O)c(-c2ccc(C(=O)NCC3CC3)nc2C(=O)OC(C)OC(=O)OCC2COC(C)(C)O2)cc1CO. The van der Waals surface area contributed by atoms with Crippen molar-refractivity contribution >= 4 is 30.4 Å². The highest BCUT2D eigenvalue weighted by Gasteiger charge is 2.34. The Morgan fingerprint density at radius 1 is 1.19 bits per heavy atom. The van der Waals surface area contributed by atoms with Crippen LogP contribution in [0.3, 0.4) is 0 Å². The summed E-state index contributed by atoms with van der Waals surface area (Å²) in [5, 5.41) is 12.7. The minimum Gasteiger partial charge on any atom is -0.431 e. The normalized spacial score (nSPS) is 18.0. The average Bonchev–Trinajstić information content (AvgIpc) is 3.74. The average molecular weight is 583 g/mol. The minimum atomic E-state index is -1.40. The first-order valence-corrected chi connectivity index (χ1v) is 13.5. The van der Waals surface area contributed by atoms with Crippen LogP contribution in [0.15, 0.2) is 30.8 Å². The Bertz CT molecular complexity index is 1370. The van der Waals surface area contributed by atoms with Crippen LogP contribution in [0.2, 0.25) is 0 Å². The molecular formula is C30H34N2O10. The van der Waals surface area contributed by atoms with Crippen molar-refractivity contribution in [2.75, 3.05) is 19.8 Å². The number of esters is 1. The molecule has 0 radical (unpaired) electrons. The molecule has 2 fully saturated rings. The van der Waals surface area contributed by atoms with Gasteiger partial charge in [-0.2, -0.15) is 0 Å². The summed E-state index contributed by atoms with van der Waals surface area (Å²) < 4.78 is 26.4. The van der Waals surface area contributed by atoms with Crippen LogP contribution in [0.5, 0.6) is 0 Å². The number of aliphatic hydroxyl groups excluding tert-OH is 1. The molecule has 0 spiro atoms. The molecule has 2 heterocycles. The summed E-state index contributed by atoms with van der Waals surface area (Å²) in [4.78, 5) is 54.6. The highest BCUT2D eigenvalue weighted by Crippen LogP contribution is 2.31. The summed E-state index contributed by atoms with van der Waals surface area (Å²) in [6, 6.07) is 5.96. The van der Waals surface area contributed by atoms with E-state index in [0.29, 0.717) is 29.9 Å². The first-order valence-electron chi connectivity index (χ1n) is 13.5. The second kappa shape index (κ2) is 13.2. The Labute approximate surface area is 242 Å². The second-order valence-corrected chi connectivity index (χ2v) is 10.5. The summed E-state index contributed by atoms with van der Waals surface area (Å²) in [5.74, 6) is -1.87. The van der Waals surface area contributed by atoms with Crippen LogP contribution in [0.1, 0.15) is 76.1 Å². The number of rotatable bonds is 12. The van der Waals surface area contributed by atoms with E-state index >= 15 is 0 Å². The molecule has 1 saturated heterocycles. The number of pyridine rings is 1. The zero-order valence-electron chi connectivity index (χ0n) is 23.7. The topological polar surface area (TPSA) is 160 Å². The van der Waals surface area contributed by atoms with Gasteiger partial charge in [-0.3, -0.25) is 9.59 Å². The van der Waals surface area contributed by atoms with Gasteiger partial charge >= 0.3 is 12.1 Å². The van der Waals surface area contributed by atoms with Crippen molar-refractivity contribution in [2.45, 2.75) is 58.4 Å². The second-order valence-electron chi connectivity index (χ2n) is 10.5. The Morgan fingerprint density at radius 2 is 1.95 bits per heavy atom. The number of aldehydes is 1. The van der Waals surface area contributed by atoms with Gasteiger partial charge in [-0.15, -0.1) is 0 Å². The standard InChI is InChI=1S/C30H34N2O10/c1-5-19-10-21(14-34)24(11-20(19)13-33)23-8-9-25(27(35)31-12-18-6-7-18)32-26(23)28(36)40-17(2)41-29(37)38-15-22-16-39-30(3,4)42-22/h5,8-11,14,17-18,22,33H,1,6-7,12-13,15-16H2,2-4H3,(H,31,35). The van der Waals surface area contributed by atoms with Gasteiger partial charge in [0.15, 0.2) is 17.8 Å². The number of hydrogen-bond donors (Lipinski definition) is 2. The van der Waals surface area contributed by atoms with Crippen LogP contribution in [0.4, 0.5) is 4.79 Å². The first-order chi connectivity index (χ1) is 20.0. The van der Waals surface area contributed by atoms with E-state index in [9.17, 15) is 24.3 Å². The lowest BCUT2D eigenvalue weighted by molar-refractivity contribution is -0.145. The van der Waals surface area contributed by atoms with Crippen molar-refractivity contribution in [1.82, 2.24) is 10.3 Å². The summed E-state index contributed by atoms with van der Waals surface area (Å²) in [6.45, 7) is 8.72. The lowest BCUT2D eigenvalue weighted by Gasteiger charge is -2.18. The molecule has 2 aliphatic rings. The summed E-state index contributed by atoms with van der Waals surface area (Å²) in [6.07, 6.45) is 1.18. The molecule has 0 bridgehead atoms. The molecular weight excluding hydrogens is 548 g/mol. The molecule has 224 valence electrons. The maximum absolute atomic E-state index is 13.4. The van der Waals surface area contributed by atoms with Crippen molar-refractivity contribution in [3.05, 3.63) is 58.9 Å². The predicted octanol–water partition coefficient (Wildman–Crippen LogP) is 3.64. The lowest BCUT2D eigenvalue weighted by atomic mass is 9.93. The third kappa shape index (κ3) is 7.78. The highest BCUT2D eigenvalue weighted by atomic mass is 16.8. The van der Waals surface area contributed by atoms with Crippen molar-refractivity contribution in [1.29, 1.82) is 0 Å². The number of nitrogens with one attached hydrogen (secondary N) is 1. The third-order valence-electron chi connectivity index (χ3n) is 6.68. The quantitative estimate of drug-likeness (QED) is 0.214. The number of nitrogens with zero attached hydrogens (tertiary/aromatic N) is 1. The molecule has 1 saturated carbocycles. The van der Waals surface area contributed by atoms with Crippen LogP contribution in [-0.4, -0.2) is 72.3 Å². The van der Waals surface area contributed by atoms with Gasteiger partial charge in [-0.05, 0) is 73.6 Å². The van der Waals surface area contributed by atoms with Crippen LogP contribution in [0.25, 0.3) is 17.2 Å². The summed E-state index contributed by atoms with van der Waals surface area (Å²) >= 11 is 0. The maximum Gasteiger partial charge on any atom is 0.511 e. The molecule has 1 amide bonds. The zero-order chi connectivity index (χ0) is 30.4. The number of carbonyl (C=O) groups excluding carboxylic acids is 4. The number of aromatic nitrogens is 1. The molecule has 1 aliphatic heterocycles. The molecule has 12 heteroatoms. The van der Waals surface area contributed by atoms with Crippen molar-refractivity contribution in [3.8, 4) is 11.1 Å². The molecule has 2 N–H and O–H groups in total. The predicted molar refractivity (Wildman–Crippen MR) is 148 cm³/mol. The molecule has 2 unspecified atom stereocenters. The number of aliphatic hydroxyl groups is 1. The van der Waals surface area contributed by atoms with E-state index in [1.54, 1.807) is 13.8 Å². The van der Waals surface area contributed by atoms with E-state index in [1.165, 1.54) is 37.3 Å². The van der Waals surface area contributed by atoms with Gasteiger partial charge in [0.2, 0.25) is 6.29 Å². The Morgan fingerprint density at radius 3 is 2.57 bits per heavy atom. The first kappa shape index (κ1) is 30.8. The van der Waals surface area contributed by atoms with Crippen molar-refractivity contribution in [3.63, 3.8) is 0 Å². The number of hydrogen-bond acceptors (Lipinski definition) is 11. The lowest BCUT2D eigenvalue weighted by Crippen LogP contribution is -2.28. The van der Waals surface area contributed by atoms with Crippen LogP contribution >= 0.6 is 0 Å². The largest absolute Gasteiger partial charge is 0.511 e. The number of amides is 1. The van der Waals surface area contributed by atoms with E-state index in [4.69, 9.17) is 23.7 Å². The fourth-order valence-corrected chi connectivity index (χ4v) is 4.35. The Hall–Kier alpha value is -4.13. The number of benzene rings is 1. The monoisotopic (exact) mass is 582 g/mol. The van der Waals surface area contributed by atoms with Gasteiger partial charge in [-0.25, -0.2) is 14.6 Å². The van der Waals surface area contributed by atoms with Crippen molar-refractivity contribution in [2.24, 2.45) is 5.92 Å². The van der Waals surface area contributed by atoms with E-state index in [1.807, 2.05) is 0 Å². The highest BCUT2D eigenvalue weighted by molar-refractivity contribution is 6.01. The molecule has 1 aliphatic carbocycles. The van der Waals surface area contributed by atoms with Crippen LogP contribution < -0.4 is 5.32 Å². The van der Waals surface area contributed by atoms with Crippen molar-refractivity contribution < 1.29 is 48.0 Å². The van der Waals surface area contributed by atoms with E-state index in [0.717, 1.165) is 12.8 Å². The molecule has 1 aromatic carbocycles. The number of carbonyl (C=O) groups is 4. The van der Waals surface area contributed by atoms with E-state index in [-0.39, 0.29) is 47.9 Å².